The molecular formula is C10H17N3OS2. The molecule has 0 atom stereocenters. The largest absolute Gasteiger partial charge is 0.397 e. The van der Waals surface area contributed by atoms with Gasteiger partial charge in [-0.25, -0.2) is 0 Å². The molecule has 0 unspecified atom stereocenters. The lowest BCUT2D eigenvalue weighted by Gasteiger charge is -2.28. The average molecular weight is 259 g/mol. The number of nitrogens with two attached hydrogens (primary N) is 1. The molecular weight excluding hydrogens is 242 g/mol. The van der Waals surface area contributed by atoms with Crippen molar-refractivity contribution in [2.45, 2.75) is 6.92 Å². The fourth-order valence-electron chi connectivity index (χ4n) is 1.35. The Morgan fingerprint density at radius 3 is 2.31 bits per heavy atom. The van der Waals surface area contributed by atoms with E-state index in [1.54, 1.807) is 19.1 Å². The van der Waals surface area contributed by atoms with E-state index < -0.39 is 0 Å². The molecule has 90 valence electrons. The summed E-state index contributed by atoms with van der Waals surface area (Å²) in [6.07, 6.45) is 0.742. The molecule has 0 bridgehead atoms. The molecule has 0 heterocycles. The molecule has 0 radical (unpaired) electrons. The highest BCUT2D eigenvalue weighted by atomic mass is 33.1. The summed E-state index contributed by atoms with van der Waals surface area (Å²) in [7, 11) is 3.48. The van der Waals surface area contributed by atoms with Crippen LogP contribution in [0.4, 0.5) is 11.4 Å². The van der Waals surface area contributed by atoms with Crippen LogP contribution >= 0.6 is 23.3 Å². The Bertz CT molecular complexity index is 327. The van der Waals surface area contributed by atoms with Gasteiger partial charge in [-0.3, -0.25) is 14.8 Å². The second-order valence-corrected chi connectivity index (χ2v) is 3.22. The van der Waals surface area contributed by atoms with E-state index in [9.17, 15) is 4.79 Å². The van der Waals surface area contributed by atoms with Crippen LogP contribution in [0.15, 0.2) is 18.2 Å². The van der Waals surface area contributed by atoms with E-state index in [1.165, 1.54) is 5.01 Å². The molecule has 1 aromatic carbocycles. The van der Waals surface area contributed by atoms with Gasteiger partial charge in [-0.1, -0.05) is 12.1 Å². The van der Waals surface area contributed by atoms with Crippen molar-refractivity contribution in [1.29, 1.82) is 0 Å². The van der Waals surface area contributed by atoms with Gasteiger partial charge < -0.3 is 5.73 Å². The van der Waals surface area contributed by atoms with Crippen molar-refractivity contribution in [3.8, 4) is 0 Å². The highest BCUT2D eigenvalue weighted by Crippen LogP contribution is 2.26. The Hall–Kier alpha value is -1.01. The minimum atomic E-state index is 0.668. The highest BCUT2D eigenvalue weighted by molar-refractivity contribution is 8.59. The van der Waals surface area contributed by atoms with Gasteiger partial charge in [-0.2, -0.15) is 0 Å². The number of thiol groups is 2. The number of nitrogen functional groups attached to an aromatic ring is 1. The number of benzene rings is 1. The van der Waals surface area contributed by atoms with Crippen LogP contribution in [0.3, 0.4) is 0 Å². The highest BCUT2D eigenvalue weighted by Gasteiger charge is 2.10. The Morgan fingerprint density at radius 1 is 1.31 bits per heavy atom. The quantitative estimate of drug-likeness (QED) is 0.255. The predicted molar refractivity (Wildman–Crippen MR) is 75.8 cm³/mol. The van der Waals surface area contributed by atoms with E-state index >= 15 is 0 Å². The molecule has 0 aliphatic rings. The van der Waals surface area contributed by atoms with Crippen molar-refractivity contribution in [1.82, 2.24) is 5.01 Å². The second kappa shape index (κ2) is 7.29. The summed E-state index contributed by atoms with van der Waals surface area (Å²) in [5.41, 5.74) is 8.40. The minimum Gasteiger partial charge on any atom is -0.397 e. The van der Waals surface area contributed by atoms with Crippen LogP contribution < -0.4 is 10.7 Å². The van der Waals surface area contributed by atoms with Crippen molar-refractivity contribution in [2.75, 3.05) is 24.8 Å². The predicted octanol–water partition coefficient (Wildman–Crippen LogP) is 1.78. The summed E-state index contributed by atoms with van der Waals surface area (Å²) < 4.78 is 0. The number of anilines is 2. The zero-order chi connectivity index (χ0) is 12.7. The molecule has 2 N–H and O–H groups in total. The van der Waals surface area contributed by atoms with Crippen LogP contribution in [-0.4, -0.2) is 25.5 Å². The lowest BCUT2D eigenvalue weighted by molar-refractivity contribution is -0.117. The molecule has 0 aromatic heterocycles. The number of aryl methyl sites for hydroxylation is 1. The number of para-hydroxylation sites is 1. The van der Waals surface area contributed by atoms with Crippen LogP contribution in [0.1, 0.15) is 5.56 Å². The van der Waals surface area contributed by atoms with Crippen LogP contribution in [-0.2, 0) is 4.79 Å². The van der Waals surface area contributed by atoms with Gasteiger partial charge in [-0.15, -0.1) is 23.3 Å². The molecule has 0 aliphatic heterocycles. The third kappa shape index (κ3) is 3.53. The van der Waals surface area contributed by atoms with Gasteiger partial charge in [0.1, 0.15) is 0 Å². The first-order chi connectivity index (χ1) is 7.57. The molecule has 0 fully saturated rings. The van der Waals surface area contributed by atoms with Gasteiger partial charge in [-0.05, 0) is 18.6 Å². The lowest BCUT2D eigenvalue weighted by Crippen LogP contribution is -2.36. The lowest BCUT2D eigenvalue weighted by atomic mass is 10.1. The third-order valence-corrected chi connectivity index (χ3v) is 2.22. The number of rotatable bonds is 3. The zero-order valence-electron chi connectivity index (χ0n) is 9.58. The molecule has 0 spiro atoms. The van der Waals surface area contributed by atoms with Crippen LogP contribution in [0.25, 0.3) is 0 Å². The van der Waals surface area contributed by atoms with Crippen LogP contribution in [0, 0.1) is 6.92 Å². The summed E-state index contributed by atoms with van der Waals surface area (Å²) in [5, 5.41) is 3.16. The third-order valence-electron chi connectivity index (χ3n) is 2.22. The zero-order valence-corrected chi connectivity index (χ0v) is 11.4. The molecule has 6 heteroatoms. The van der Waals surface area contributed by atoms with E-state index in [4.69, 9.17) is 5.73 Å². The Kier molecular flexibility index (Phi) is 6.83. The number of nitrogens with zero attached hydrogens (tertiary/aromatic N) is 2. The maximum Gasteiger partial charge on any atom is 0.228 e. The van der Waals surface area contributed by atoms with Gasteiger partial charge in [0.2, 0.25) is 6.41 Å². The Morgan fingerprint density at radius 2 is 1.88 bits per heavy atom. The first-order valence-electron chi connectivity index (χ1n) is 4.54. The number of hydrazine groups is 1. The maximum atomic E-state index is 10.6. The molecule has 4 nitrogen and oxygen atoms in total. The van der Waals surface area contributed by atoms with Gasteiger partial charge >= 0.3 is 0 Å². The number of carbonyl (C=O) groups excluding carboxylic acids is 1. The first-order valence-corrected chi connectivity index (χ1v) is 6.14. The number of amides is 1. The van der Waals surface area contributed by atoms with E-state index in [0.29, 0.717) is 5.69 Å². The molecule has 1 aromatic rings. The summed E-state index contributed by atoms with van der Waals surface area (Å²) in [6.45, 7) is 1.96. The molecule has 0 saturated heterocycles. The fourth-order valence-corrected chi connectivity index (χ4v) is 1.35. The number of hydrogen-bond donors (Lipinski definition) is 3. The van der Waals surface area contributed by atoms with E-state index in [2.05, 4.69) is 23.3 Å². The minimum absolute atomic E-state index is 0.668. The van der Waals surface area contributed by atoms with Crippen LogP contribution in [0.2, 0.25) is 0 Å². The maximum absolute atomic E-state index is 10.6. The van der Waals surface area contributed by atoms with E-state index in [0.717, 1.165) is 17.7 Å². The number of carbonyl (C=O) groups is 1. The topological polar surface area (TPSA) is 49.6 Å². The summed E-state index contributed by atoms with van der Waals surface area (Å²) in [4.78, 5) is 10.6. The number of hydrogen-bond acceptors (Lipinski definition) is 5. The Balaban J connectivity index is 0.00000106. The molecule has 16 heavy (non-hydrogen) atoms. The molecule has 1 amide bonds. The second-order valence-electron chi connectivity index (χ2n) is 3.22. The van der Waals surface area contributed by atoms with Crippen molar-refractivity contribution in [3.05, 3.63) is 23.8 Å². The molecule has 0 aliphatic carbocycles. The molecule has 0 saturated carbocycles. The van der Waals surface area contributed by atoms with Crippen molar-refractivity contribution in [3.63, 3.8) is 0 Å². The standard InChI is InChI=1S/C10H15N3O.H2S2/c1-8-5-4-6-9(11)10(8)13(3)12(2)7-14;1-2/h4-7H,11H2,1-3H3;1-2H. The van der Waals surface area contributed by atoms with Gasteiger partial charge in [0.05, 0.1) is 11.4 Å². The SMILES string of the molecule is Cc1cccc(N)c1N(C)N(C)C=O.SS. The van der Waals surface area contributed by atoms with Gasteiger partial charge in [0, 0.05) is 14.1 Å². The van der Waals surface area contributed by atoms with E-state index in [1.807, 2.05) is 25.1 Å². The van der Waals surface area contributed by atoms with Crippen molar-refractivity contribution >= 4 is 41.1 Å². The summed E-state index contributed by atoms with van der Waals surface area (Å²) >= 11 is 6.44. The van der Waals surface area contributed by atoms with Crippen molar-refractivity contribution in [2.24, 2.45) is 0 Å². The summed E-state index contributed by atoms with van der Waals surface area (Å²) in [6, 6.07) is 5.67. The smallest absolute Gasteiger partial charge is 0.228 e. The summed E-state index contributed by atoms with van der Waals surface area (Å²) in [5.74, 6) is 0. The first kappa shape index (κ1) is 15.0. The monoisotopic (exact) mass is 259 g/mol. The molecule has 1 rings (SSSR count). The average Bonchev–Trinajstić information content (AvgIpc) is 2.30. The van der Waals surface area contributed by atoms with Gasteiger partial charge in [0.25, 0.3) is 0 Å². The Labute approximate surface area is 107 Å². The van der Waals surface area contributed by atoms with E-state index in [-0.39, 0.29) is 0 Å². The fraction of sp³-hybridized carbons (Fsp3) is 0.300. The van der Waals surface area contributed by atoms with Crippen molar-refractivity contribution < 1.29 is 4.79 Å². The van der Waals surface area contributed by atoms with Crippen LogP contribution in [0.5, 0.6) is 0 Å². The van der Waals surface area contributed by atoms with Gasteiger partial charge in [0.15, 0.2) is 0 Å². The normalized spacial score (nSPS) is 8.81.